The fourth-order valence-corrected chi connectivity index (χ4v) is 3.17. The van der Waals surface area contributed by atoms with E-state index >= 15 is 0 Å². The summed E-state index contributed by atoms with van der Waals surface area (Å²) in [5.41, 5.74) is 0.773. The van der Waals surface area contributed by atoms with Gasteiger partial charge in [0, 0.05) is 5.56 Å². The van der Waals surface area contributed by atoms with Crippen LogP contribution in [-0.4, -0.2) is 52.8 Å². The number of benzene rings is 1. The van der Waals surface area contributed by atoms with Gasteiger partial charge in [-0.2, -0.15) is 0 Å². The van der Waals surface area contributed by atoms with E-state index in [0.29, 0.717) is 17.4 Å². The molecule has 28 heavy (non-hydrogen) atoms. The Kier molecular flexibility index (Phi) is 7.68. The van der Waals surface area contributed by atoms with Gasteiger partial charge >= 0.3 is 5.97 Å². The molecule has 0 bridgehead atoms. The van der Waals surface area contributed by atoms with Crippen molar-refractivity contribution in [3.63, 3.8) is 0 Å². The topological polar surface area (TPSA) is 121 Å². The predicted molar refractivity (Wildman–Crippen MR) is 106 cm³/mol. The minimum atomic E-state index is -0.677. The highest BCUT2D eigenvalue weighted by atomic mass is 32.2. The zero-order valence-corrected chi connectivity index (χ0v) is 17.2. The highest BCUT2D eigenvalue weighted by Crippen LogP contribution is 2.23. The van der Waals surface area contributed by atoms with Gasteiger partial charge in [0.05, 0.1) is 20.0 Å². The Morgan fingerprint density at radius 3 is 2.46 bits per heavy atom. The molecule has 0 aliphatic rings. The Labute approximate surface area is 167 Å². The molecular formula is C18H25N5O4S. The van der Waals surface area contributed by atoms with E-state index in [9.17, 15) is 9.59 Å². The first-order valence-corrected chi connectivity index (χ1v) is 9.69. The Bertz CT molecular complexity index is 807. The number of carbonyl (C=O) groups is 2. The molecule has 0 saturated heterocycles. The van der Waals surface area contributed by atoms with Crippen molar-refractivity contribution in [3.8, 4) is 17.1 Å². The number of esters is 1. The van der Waals surface area contributed by atoms with Crippen molar-refractivity contribution in [1.29, 1.82) is 0 Å². The third-order valence-electron chi connectivity index (χ3n) is 3.87. The molecule has 1 atom stereocenters. The Morgan fingerprint density at radius 2 is 1.89 bits per heavy atom. The van der Waals surface area contributed by atoms with E-state index in [-0.39, 0.29) is 17.6 Å². The maximum atomic E-state index is 12.2. The number of nitrogens with one attached hydrogen (secondary N) is 1. The molecule has 3 N–H and O–H groups in total. The van der Waals surface area contributed by atoms with E-state index in [2.05, 4.69) is 15.5 Å². The number of ether oxygens (including phenoxy) is 2. The zero-order valence-electron chi connectivity index (χ0n) is 16.3. The summed E-state index contributed by atoms with van der Waals surface area (Å²) < 4.78 is 11.2. The van der Waals surface area contributed by atoms with E-state index in [1.807, 2.05) is 26.0 Å². The molecule has 10 heteroatoms. The Hall–Kier alpha value is -2.75. The van der Waals surface area contributed by atoms with E-state index in [1.165, 1.54) is 11.8 Å². The van der Waals surface area contributed by atoms with Gasteiger partial charge in [0.25, 0.3) is 0 Å². The van der Waals surface area contributed by atoms with Crippen molar-refractivity contribution in [3.05, 3.63) is 24.3 Å². The fourth-order valence-electron chi connectivity index (χ4n) is 2.51. The van der Waals surface area contributed by atoms with Crippen LogP contribution in [0.25, 0.3) is 11.4 Å². The molecule has 0 aliphatic carbocycles. The molecule has 1 aromatic heterocycles. The van der Waals surface area contributed by atoms with Gasteiger partial charge in [-0.15, -0.1) is 10.2 Å². The average molecular weight is 407 g/mol. The van der Waals surface area contributed by atoms with Gasteiger partial charge in [-0.25, -0.2) is 9.47 Å². The second-order valence-electron chi connectivity index (χ2n) is 6.47. The van der Waals surface area contributed by atoms with Crippen LogP contribution < -0.4 is 15.9 Å². The second-order valence-corrected chi connectivity index (χ2v) is 7.41. The van der Waals surface area contributed by atoms with Gasteiger partial charge in [-0.1, -0.05) is 25.6 Å². The molecule has 0 aliphatic heterocycles. The minimum absolute atomic E-state index is 0.0452. The van der Waals surface area contributed by atoms with Crippen molar-refractivity contribution >= 4 is 23.6 Å². The number of methoxy groups -OCH3 is 2. The van der Waals surface area contributed by atoms with Gasteiger partial charge in [0.2, 0.25) is 11.1 Å². The number of hydrogen-bond acceptors (Lipinski definition) is 8. The summed E-state index contributed by atoms with van der Waals surface area (Å²) in [7, 11) is 2.89. The molecular weight excluding hydrogens is 382 g/mol. The maximum absolute atomic E-state index is 12.2. The summed E-state index contributed by atoms with van der Waals surface area (Å²) in [6.07, 6.45) is 0.498. The highest BCUT2D eigenvalue weighted by Gasteiger charge is 2.23. The van der Waals surface area contributed by atoms with Crippen LogP contribution in [-0.2, 0) is 14.3 Å². The quantitative estimate of drug-likeness (QED) is 0.364. The number of nitrogens with two attached hydrogens (primary N) is 1. The fraction of sp³-hybridized carbons (Fsp3) is 0.444. The number of nitrogens with zero attached hydrogens (tertiary/aromatic N) is 3. The monoisotopic (exact) mass is 407 g/mol. The van der Waals surface area contributed by atoms with Crippen molar-refractivity contribution in [2.24, 2.45) is 5.92 Å². The lowest BCUT2D eigenvalue weighted by Gasteiger charge is -2.18. The zero-order chi connectivity index (χ0) is 20.7. The van der Waals surface area contributed by atoms with Gasteiger partial charge in [0.1, 0.15) is 11.8 Å². The van der Waals surface area contributed by atoms with Crippen LogP contribution >= 0.6 is 11.8 Å². The lowest BCUT2D eigenvalue weighted by molar-refractivity contribution is -0.145. The molecule has 152 valence electrons. The van der Waals surface area contributed by atoms with Crippen LogP contribution in [0.15, 0.2) is 29.4 Å². The number of aromatic nitrogens is 3. The van der Waals surface area contributed by atoms with Crippen LogP contribution in [0.1, 0.15) is 20.3 Å². The largest absolute Gasteiger partial charge is 0.497 e. The first kappa shape index (κ1) is 21.5. The van der Waals surface area contributed by atoms with Crippen LogP contribution in [0.5, 0.6) is 5.75 Å². The summed E-state index contributed by atoms with van der Waals surface area (Å²) in [6, 6.07) is 6.56. The number of amides is 1. The van der Waals surface area contributed by atoms with Gasteiger partial charge in [0.15, 0.2) is 5.82 Å². The molecule has 1 amide bonds. The summed E-state index contributed by atoms with van der Waals surface area (Å²) >= 11 is 1.13. The van der Waals surface area contributed by atoms with Gasteiger partial charge < -0.3 is 20.6 Å². The number of rotatable bonds is 9. The van der Waals surface area contributed by atoms with E-state index in [1.54, 1.807) is 19.2 Å². The van der Waals surface area contributed by atoms with E-state index in [0.717, 1.165) is 23.1 Å². The standard InChI is InChI=1S/C18H25N5O4S/c1-11(2)9-14(17(25)27-4)20-15(24)10-28-18-22-21-16(23(18)19)12-5-7-13(26-3)8-6-12/h5-8,11,14H,9-10,19H2,1-4H3,(H,20,24)/t14-/m1/s1. The van der Waals surface area contributed by atoms with Crippen LogP contribution in [0.2, 0.25) is 0 Å². The SMILES string of the molecule is COC(=O)[C@@H](CC(C)C)NC(=O)CSc1nnc(-c2ccc(OC)cc2)n1N. The van der Waals surface area contributed by atoms with Crippen molar-refractivity contribution in [2.45, 2.75) is 31.5 Å². The number of hydrogen-bond donors (Lipinski definition) is 2. The molecule has 1 aromatic carbocycles. The third-order valence-corrected chi connectivity index (χ3v) is 4.82. The number of carbonyl (C=O) groups excluding carboxylic acids is 2. The number of thioether (sulfide) groups is 1. The summed E-state index contributed by atoms with van der Waals surface area (Å²) in [6.45, 7) is 3.93. The second kappa shape index (κ2) is 9.98. The summed E-state index contributed by atoms with van der Waals surface area (Å²) in [4.78, 5) is 24.1. The molecule has 9 nitrogen and oxygen atoms in total. The number of nitrogen functional groups attached to an aromatic ring is 1. The van der Waals surface area contributed by atoms with E-state index in [4.69, 9.17) is 15.3 Å². The first-order chi connectivity index (χ1) is 13.3. The van der Waals surface area contributed by atoms with Gasteiger partial charge in [-0.3, -0.25) is 4.79 Å². The molecule has 1 heterocycles. The van der Waals surface area contributed by atoms with Crippen LogP contribution in [0, 0.1) is 5.92 Å². The predicted octanol–water partition coefficient (Wildman–Crippen LogP) is 1.46. The molecule has 2 aromatic rings. The van der Waals surface area contributed by atoms with Crippen molar-refractivity contribution in [2.75, 3.05) is 25.8 Å². The van der Waals surface area contributed by atoms with Crippen LogP contribution in [0.3, 0.4) is 0 Å². The summed E-state index contributed by atoms with van der Waals surface area (Å²) in [5.74, 6) is 6.76. The molecule has 0 unspecified atom stereocenters. The van der Waals surface area contributed by atoms with E-state index < -0.39 is 12.0 Å². The average Bonchev–Trinajstić information content (AvgIpc) is 3.05. The van der Waals surface area contributed by atoms with Crippen molar-refractivity contribution < 1.29 is 19.1 Å². The lowest BCUT2D eigenvalue weighted by Crippen LogP contribution is -2.43. The molecule has 2 rings (SSSR count). The lowest BCUT2D eigenvalue weighted by atomic mass is 10.0. The maximum Gasteiger partial charge on any atom is 0.328 e. The summed E-state index contributed by atoms with van der Waals surface area (Å²) in [5, 5.41) is 11.2. The first-order valence-electron chi connectivity index (χ1n) is 8.70. The Morgan fingerprint density at radius 1 is 1.21 bits per heavy atom. The molecule has 0 radical (unpaired) electrons. The third kappa shape index (κ3) is 5.62. The van der Waals surface area contributed by atoms with Crippen LogP contribution in [0.4, 0.5) is 0 Å². The molecule has 0 saturated carbocycles. The van der Waals surface area contributed by atoms with Gasteiger partial charge in [-0.05, 0) is 36.6 Å². The highest BCUT2D eigenvalue weighted by molar-refractivity contribution is 7.99. The molecule has 0 fully saturated rings. The molecule has 0 spiro atoms. The smallest absolute Gasteiger partial charge is 0.328 e. The minimum Gasteiger partial charge on any atom is -0.497 e. The normalized spacial score (nSPS) is 11.9. The van der Waals surface area contributed by atoms with Crippen molar-refractivity contribution in [1.82, 2.24) is 20.2 Å². The Balaban J connectivity index is 1.99.